The Kier molecular flexibility index (Phi) is 3.44. The Morgan fingerprint density at radius 3 is 2.92 bits per heavy atom. The van der Waals surface area contributed by atoms with Crippen LogP contribution in [0.3, 0.4) is 0 Å². The van der Waals surface area contributed by atoms with E-state index in [1.165, 1.54) is 4.52 Å². The highest BCUT2D eigenvalue weighted by molar-refractivity contribution is 5.82. The van der Waals surface area contributed by atoms with E-state index in [0.717, 1.165) is 23.0 Å². The van der Waals surface area contributed by atoms with Crippen molar-refractivity contribution >= 4 is 11.2 Å². The van der Waals surface area contributed by atoms with Gasteiger partial charge in [-0.25, -0.2) is 23.3 Å². The van der Waals surface area contributed by atoms with Crippen LogP contribution in [0.1, 0.15) is 36.0 Å². The summed E-state index contributed by atoms with van der Waals surface area (Å²) in [4.78, 5) is 12.5. The molecule has 0 radical (unpaired) electrons. The summed E-state index contributed by atoms with van der Waals surface area (Å²) in [5, 5.41) is 4.32. The standard InChI is InChI=1S/C16H13F2N5O/c1-2-24-16-20-7-10-9(3-4-11(10)21-16)12-5-6-14-19-8-13(15(17)18)23(14)22-12/h3,5-8,15H,2,4H2,1H3. The van der Waals surface area contributed by atoms with Crippen LogP contribution in [0.25, 0.3) is 11.2 Å². The van der Waals surface area contributed by atoms with Gasteiger partial charge in [0.15, 0.2) is 5.65 Å². The molecule has 0 fully saturated rings. The van der Waals surface area contributed by atoms with Crippen molar-refractivity contribution in [1.29, 1.82) is 0 Å². The first kappa shape index (κ1) is 14.7. The van der Waals surface area contributed by atoms with Crippen LogP contribution in [0.4, 0.5) is 8.78 Å². The quantitative estimate of drug-likeness (QED) is 0.736. The number of rotatable bonds is 4. The maximum atomic E-state index is 13.0. The van der Waals surface area contributed by atoms with Crippen LogP contribution in [0.15, 0.2) is 30.6 Å². The maximum absolute atomic E-state index is 13.0. The van der Waals surface area contributed by atoms with E-state index >= 15 is 0 Å². The fraction of sp³-hybridized carbons (Fsp3) is 0.250. The van der Waals surface area contributed by atoms with Crippen molar-refractivity contribution in [2.45, 2.75) is 19.8 Å². The lowest BCUT2D eigenvalue weighted by molar-refractivity contribution is 0.143. The summed E-state index contributed by atoms with van der Waals surface area (Å²) in [5.41, 5.74) is 3.23. The van der Waals surface area contributed by atoms with Crippen LogP contribution < -0.4 is 4.74 Å². The molecule has 24 heavy (non-hydrogen) atoms. The number of alkyl halides is 2. The number of hydrogen-bond acceptors (Lipinski definition) is 5. The zero-order valence-corrected chi connectivity index (χ0v) is 12.8. The monoisotopic (exact) mass is 329 g/mol. The molecule has 1 aliphatic rings. The molecule has 3 aromatic heterocycles. The molecule has 0 saturated heterocycles. The minimum atomic E-state index is -2.63. The molecule has 4 rings (SSSR count). The second-order valence-corrected chi connectivity index (χ2v) is 5.24. The summed E-state index contributed by atoms with van der Waals surface area (Å²) in [6, 6.07) is 3.76. The number of hydrogen-bond donors (Lipinski definition) is 0. The van der Waals surface area contributed by atoms with Gasteiger partial charge in [0.05, 0.1) is 24.2 Å². The molecule has 0 unspecified atom stereocenters. The molecule has 122 valence electrons. The van der Waals surface area contributed by atoms with Crippen LogP contribution in [0, 0.1) is 0 Å². The van der Waals surface area contributed by atoms with E-state index in [0.29, 0.717) is 30.4 Å². The Labute approximate surface area is 135 Å². The molecule has 0 amide bonds. The molecule has 0 aliphatic heterocycles. The van der Waals surface area contributed by atoms with Crippen LogP contribution >= 0.6 is 0 Å². The molecule has 6 nitrogen and oxygen atoms in total. The topological polar surface area (TPSA) is 65.2 Å². The van der Waals surface area contributed by atoms with Gasteiger partial charge >= 0.3 is 6.01 Å². The van der Waals surface area contributed by atoms with Crippen molar-refractivity contribution in [1.82, 2.24) is 24.6 Å². The normalized spacial score (nSPS) is 13.4. The fourth-order valence-corrected chi connectivity index (χ4v) is 2.71. The summed E-state index contributed by atoms with van der Waals surface area (Å²) in [7, 11) is 0. The molecule has 0 saturated carbocycles. The third kappa shape index (κ3) is 2.31. The van der Waals surface area contributed by atoms with Gasteiger partial charge in [-0.2, -0.15) is 10.1 Å². The summed E-state index contributed by atoms with van der Waals surface area (Å²) >= 11 is 0. The first-order valence-electron chi connectivity index (χ1n) is 7.50. The van der Waals surface area contributed by atoms with Gasteiger partial charge < -0.3 is 4.74 Å². The number of allylic oxidation sites excluding steroid dienone is 1. The van der Waals surface area contributed by atoms with Gasteiger partial charge in [-0.1, -0.05) is 6.08 Å². The van der Waals surface area contributed by atoms with E-state index in [-0.39, 0.29) is 5.69 Å². The molecule has 0 aromatic carbocycles. The summed E-state index contributed by atoms with van der Waals surface area (Å²) in [5.74, 6) is 0. The Morgan fingerprint density at radius 1 is 1.25 bits per heavy atom. The van der Waals surface area contributed by atoms with Crippen molar-refractivity contribution in [2.24, 2.45) is 0 Å². The van der Waals surface area contributed by atoms with Gasteiger partial charge in [0.25, 0.3) is 6.43 Å². The van der Waals surface area contributed by atoms with Crippen LogP contribution in [0.2, 0.25) is 0 Å². The lowest BCUT2D eigenvalue weighted by atomic mass is 10.1. The molecule has 0 spiro atoms. The average Bonchev–Trinajstić information content (AvgIpc) is 3.18. The number of halogens is 2. The molecule has 8 heteroatoms. The number of imidazole rings is 1. The second-order valence-electron chi connectivity index (χ2n) is 5.24. The molecule has 0 N–H and O–H groups in total. The fourth-order valence-electron chi connectivity index (χ4n) is 2.71. The van der Waals surface area contributed by atoms with E-state index < -0.39 is 6.43 Å². The van der Waals surface area contributed by atoms with Gasteiger partial charge in [-0.15, -0.1) is 0 Å². The molecule has 0 bridgehead atoms. The van der Waals surface area contributed by atoms with Gasteiger partial charge in [-0.3, -0.25) is 0 Å². The van der Waals surface area contributed by atoms with Crippen LogP contribution in [-0.4, -0.2) is 31.2 Å². The zero-order chi connectivity index (χ0) is 16.7. The van der Waals surface area contributed by atoms with Gasteiger partial charge in [-0.05, 0) is 19.1 Å². The third-order valence-electron chi connectivity index (χ3n) is 3.80. The Balaban J connectivity index is 1.76. The second kappa shape index (κ2) is 5.63. The van der Waals surface area contributed by atoms with E-state index in [2.05, 4.69) is 20.1 Å². The SMILES string of the molecule is CCOc1ncc2c(n1)CC=C2c1ccc2ncc(C(F)F)n2n1. The van der Waals surface area contributed by atoms with Crippen LogP contribution in [0.5, 0.6) is 6.01 Å². The Bertz CT molecular complexity index is 951. The first-order valence-corrected chi connectivity index (χ1v) is 7.50. The molecule has 1 aliphatic carbocycles. The predicted molar refractivity (Wildman–Crippen MR) is 81.9 cm³/mol. The van der Waals surface area contributed by atoms with E-state index in [1.807, 2.05) is 13.0 Å². The predicted octanol–water partition coefficient (Wildman–Crippen LogP) is 2.84. The molecule has 3 heterocycles. The Hall–Kier alpha value is -2.90. The highest BCUT2D eigenvalue weighted by atomic mass is 19.3. The van der Waals surface area contributed by atoms with E-state index in [9.17, 15) is 8.78 Å². The largest absolute Gasteiger partial charge is 0.464 e. The number of ether oxygens (including phenoxy) is 1. The molecule has 3 aromatic rings. The highest BCUT2D eigenvalue weighted by Gasteiger charge is 2.21. The maximum Gasteiger partial charge on any atom is 0.316 e. The summed E-state index contributed by atoms with van der Waals surface area (Å²) in [6.07, 6.45) is 2.77. The number of nitrogens with zero attached hydrogens (tertiary/aromatic N) is 5. The summed E-state index contributed by atoms with van der Waals surface area (Å²) in [6.45, 7) is 2.36. The Morgan fingerprint density at radius 2 is 2.12 bits per heavy atom. The zero-order valence-electron chi connectivity index (χ0n) is 12.8. The van der Waals surface area contributed by atoms with E-state index in [4.69, 9.17) is 4.74 Å². The van der Waals surface area contributed by atoms with Crippen LogP contribution in [-0.2, 0) is 6.42 Å². The minimum absolute atomic E-state index is 0.228. The minimum Gasteiger partial charge on any atom is -0.464 e. The van der Waals surface area contributed by atoms with Crippen molar-refractivity contribution in [3.8, 4) is 6.01 Å². The lowest BCUT2D eigenvalue weighted by Gasteiger charge is -2.07. The summed E-state index contributed by atoms with van der Waals surface area (Å²) < 4.78 is 32.6. The lowest BCUT2D eigenvalue weighted by Crippen LogP contribution is -2.03. The highest BCUT2D eigenvalue weighted by Crippen LogP contribution is 2.31. The average molecular weight is 329 g/mol. The van der Waals surface area contributed by atoms with Gasteiger partial charge in [0.1, 0.15) is 5.69 Å². The third-order valence-corrected chi connectivity index (χ3v) is 3.80. The molecular formula is C16H13F2N5O. The first-order chi connectivity index (χ1) is 11.7. The molecular weight excluding hydrogens is 316 g/mol. The van der Waals surface area contributed by atoms with E-state index in [1.54, 1.807) is 18.3 Å². The molecule has 0 atom stereocenters. The smallest absolute Gasteiger partial charge is 0.316 e. The number of fused-ring (bicyclic) bond motifs is 2. The van der Waals surface area contributed by atoms with Gasteiger partial charge in [0.2, 0.25) is 0 Å². The van der Waals surface area contributed by atoms with Crippen molar-refractivity contribution < 1.29 is 13.5 Å². The van der Waals surface area contributed by atoms with Gasteiger partial charge in [0, 0.05) is 23.8 Å². The number of aromatic nitrogens is 5. The van der Waals surface area contributed by atoms with Crippen molar-refractivity contribution in [3.05, 3.63) is 53.2 Å². The van der Waals surface area contributed by atoms with Crippen molar-refractivity contribution in [3.63, 3.8) is 0 Å². The van der Waals surface area contributed by atoms with Crippen molar-refractivity contribution in [2.75, 3.05) is 6.61 Å².